The molecule has 0 aliphatic carbocycles. The largest absolute Gasteiger partial charge is 0.382 e. The van der Waals surface area contributed by atoms with Gasteiger partial charge in [0.2, 0.25) is 0 Å². The Morgan fingerprint density at radius 3 is 2.46 bits per heavy atom. The summed E-state index contributed by atoms with van der Waals surface area (Å²) in [7, 11) is 7.41. The van der Waals surface area contributed by atoms with Gasteiger partial charge in [-0.2, -0.15) is 0 Å². The van der Waals surface area contributed by atoms with Gasteiger partial charge in [0.25, 0.3) is 0 Å². The van der Waals surface area contributed by atoms with Gasteiger partial charge in [0.05, 0.1) is 25.4 Å². The highest BCUT2D eigenvalue weighted by Gasteiger charge is 2.36. The minimum absolute atomic E-state index is 0.00477. The van der Waals surface area contributed by atoms with Gasteiger partial charge in [-0.3, -0.25) is 0 Å². The molecule has 4 heteroatoms. The van der Waals surface area contributed by atoms with Crippen LogP contribution < -0.4 is 0 Å². The summed E-state index contributed by atoms with van der Waals surface area (Å²) in [5.41, 5.74) is 0. The lowest BCUT2D eigenvalue weighted by Gasteiger charge is -2.19. The van der Waals surface area contributed by atoms with Gasteiger partial charge in [-0.25, -0.2) is 0 Å². The first-order valence-electron chi connectivity index (χ1n) is 4.68. The van der Waals surface area contributed by atoms with E-state index in [9.17, 15) is 0 Å². The van der Waals surface area contributed by atoms with Crippen LogP contribution in [0.3, 0.4) is 0 Å². The number of ether oxygens (including phenoxy) is 3. The van der Waals surface area contributed by atoms with Crippen LogP contribution in [0.4, 0.5) is 0 Å². The summed E-state index contributed by atoms with van der Waals surface area (Å²) in [5.74, 6) is 0.354. The molecule has 1 aliphatic heterocycles. The Labute approximate surface area is 81.1 Å². The first-order valence-corrected chi connectivity index (χ1v) is 4.68. The molecule has 1 fully saturated rings. The van der Waals surface area contributed by atoms with Crippen molar-refractivity contribution in [3.63, 3.8) is 0 Å². The topological polar surface area (TPSA) is 27.7 Å². The zero-order valence-electron chi connectivity index (χ0n) is 8.53. The maximum Gasteiger partial charge on any atom is 0.112 e. The molecule has 1 rings (SSSR count). The monoisotopic (exact) mass is 184 g/mol. The third kappa shape index (κ3) is 2.69. The van der Waals surface area contributed by atoms with E-state index >= 15 is 0 Å². The van der Waals surface area contributed by atoms with E-state index in [0.29, 0.717) is 19.1 Å². The summed E-state index contributed by atoms with van der Waals surface area (Å²) in [6.45, 7) is 5.29. The molecule has 0 aromatic rings. The van der Waals surface area contributed by atoms with Crippen LogP contribution in [0.1, 0.15) is 13.8 Å². The molecule has 0 aromatic carbocycles. The van der Waals surface area contributed by atoms with Crippen molar-refractivity contribution in [3.8, 4) is 0 Å². The van der Waals surface area contributed by atoms with Gasteiger partial charge < -0.3 is 14.2 Å². The molecule has 1 unspecified atom stereocenters. The fourth-order valence-electron chi connectivity index (χ4n) is 1.53. The zero-order chi connectivity index (χ0) is 9.84. The summed E-state index contributed by atoms with van der Waals surface area (Å²) < 4.78 is 15.9. The van der Waals surface area contributed by atoms with Gasteiger partial charge in [0, 0.05) is 19.0 Å². The van der Waals surface area contributed by atoms with E-state index < -0.39 is 0 Å². The maximum absolute atomic E-state index is 5.75. The van der Waals surface area contributed by atoms with Crippen molar-refractivity contribution in [1.29, 1.82) is 0 Å². The summed E-state index contributed by atoms with van der Waals surface area (Å²) in [4.78, 5) is 0. The van der Waals surface area contributed by atoms with Gasteiger partial charge >= 0.3 is 0 Å². The number of methoxy groups -OCH3 is 1. The van der Waals surface area contributed by atoms with Crippen LogP contribution in [0.2, 0.25) is 0 Å². The smallest absolute Gasteiger partial charge is 0.112 e. The summed E-state index contributed by atoms with van der Waals surface area (Å²) in [5, 5.41) is 0. The van der Waals surface area contributed by atoms with Crippen molar-refractivity contribution in [2.24, 2.45) is 5.92 Å². The number of hydrogen-bond acceptors (Lipinski definition) is 3. The first kappa shape index (κ1) is 11.0. The predicted molar refractivity (Wildman–Crippen MR) is 50.9 cm³/mol. The maximum atomic E-state index is 5.75. The van der Waals surface area contributed by atoms with Crippen molar-refractivity contribution in [2.75, 3.05) is 20.3 Å². The van der Waals surface area contributed by atoms with Crippen molar-refractivity contribution < 1.29 is 14.2 Å². The van der Waals surface area contributed by atoms with Crippen LogP contribution >= 0.6 is 0 Å². The molecule has 4 atom stereocenters. The molecule has 0 saturated carbocycles. The third-order valence-electron chi connectivity index (χ3n) is 2.55. The molecule has 1 saturated heterocycles. The fraction of sp³-hybridized carbons (Fsp3) is 1.00. The third-order valence-corrected chi connectivity index (χ3v) is 2.55. The van der Waals surface area contributed by atoms with Crippen LogP contribution in [-0.2, 0) is 14.2 Å². The van der Waals surface area contributed by atoms with Gasteiger partial charge in [-0.1, -0.05) is 6.92 Å². The molecule has 0 aromatic heterocycles. The Morgan fingerprint density at radius 2 is 2.00 bits per heavy atom. The van der Waals surface area contributed by atoms with E-state index in [-0.39, 0.29) is 18.2 Å². The summed E-state index contributed by atoms with van der Waals surface area (Å²) in [6, 6.07) is -0.290. The Bertz CT molecular complexity index is 154. The quantitative estimate of drug-likeness (QED) is 0.472. The van der Waals surface area contributed by atoms with Crippen LogP contribution in [-0.4, -0.2) is 46.4 Å². The van der Waals surface area contributed by atoms with E-state index in [2.05, 4.69) is 6.92 Å². The van der Waals surface area contributed by atoms with Crippen molar-refractivity contribution >= 4 is 7.85 Å². The highest BCUT2D eigenvalue weighted by atomic mass is 16.6. The minimum Gasteiger partial charge on any atom is -0.382 e. The molecular weight excluding hydrogens is 167 g/mol. The average molecular weight is 184 g/mol. The molecule has 1 aliphatic rings. The second-order valence-electron chi connectivity index (χ2n) is 3.49. The normalized spacial score (nSPS) is 39.6. The van der Waals surface area contributed by atoms with Gasteiger partial charge in [0.1, 0.15) is 7.85 Å². The Kier molecular flexibility index (Phi) is 4.23. The van der Waals surface area contributed by atoms with Gasteiger partial charge in [0.15, 0.2) is 0 Å². The molecule has 0 bridgehead atoms. The van der Waals surface area contributed by atoms with Gasteiger partial charge in [-0.05, 0) is 6.92 Å². The number of rotatable bonds is 4. The van der Waals surface area contributed by atoms with Crippen molar-refractivity contribution in [2.45, 2.75) is 32.1 Å². The van der Waals surface area contributed by atoms with Gasteiger partial charge in [-0.15, -0.1) is 0 Å². The predicted octanol–water partition coefficient (Wildman–Crippen LogP) is 0.567. The molecule has 13 heavy (non-hydrogen) atoms. The van der Waals surface area contributed by atoms with Crippen LogP contribution in [0.15, 0.2) is 0 Å². The zero-order valence-corrected chi connectivity index (χ0v) is 8.53. The van der Waals surface area contributed by atoms with E-state index in [1.54, 1.807) is 7.11 Å². The Morgan fingerprint density at radius 1 is 1.31 bits per heavy atom. The standard InChI is InChI=1S/C9H17BO3/c1-6-7(2)13-9(10)8(6)12-5-4-11-3/h6-9H,4-5H2,1-3H3/t6?,7-,8-,9-/m1/s1. The molecule has 0 amide bonds. The molecular formula is C9H17BO3. The molecule has 1 heterocycles. The SMILES string of the molecule is [B][C@@H]1O[C@H](C)C(C)[C@H]1OCCOC. The lowest BCUT2D eigenvalue weighted by atomic mass is 9.89. The minimum atomic E-state index is -0.290. The highest BCUT2D eigenvalue weighted by Crippen LogP contribution is 2.27. The molecule has 0 spiro atoms. The van der Waals surface area contributed by atoms with Crippen LogP contribution in [0, 0.1) is 5.92 Å². The lowest BCUT2D eigenvalue weighted by Crippen LogP contribution is -2.30. The highest BCUT2D eigenvalue weighted by molar-refractivity contribution is 6.11. The number of hydrogen-bond donors (Lipinski definition) is 0. The van der Waals surface area contributed by atoms with Crippen molar-refractivity contribution in [3.05, 3.63) is 0 Å². The molecule has 2 radical (unpaired) electrons. The van der Waals surface area contributed by atoms with Crippen LogP contribution in [0.25, 0.3) is 0 Å². The first-order chi connectivity index (χ1) is 6.16. The molecule has 74 valence electrons. The van der Waals surface area contributed by atoms with E-state index in [4.69, 9.17) is 22.1 Å². The fourth-order valence-corrected chi connectivity index (χ4v) is 1.53. The Balaban J connectivity index is 2.31. The average Bonchev–Trinajstić information content (AvgIpc) is 2.32. The molecule has 3 nitrogen and oxygen atoms in total. The van der Waals surface area contributed by atoms with E-state index in [1.807, 2.05) is 6.92 Å². The Hall–Kier alpha value is -0.0551. The lowest BCUT2D eigenvalue weighted by molar-refractivity contribution is -0.0107. The molecule has 0 N–H and O–H groups in total. The van der Waals surface area contributed by atoms with Crippen molar-refractivity contribution in [1.82, 2.24) is 0 Å². The second kappa shape index (κ2) is 4.98. The van der Waals surface area contributed by atoms with E-state index in [0.717, 1.165) is 0 Å². The summed E-state index contributed by atoms with van der Waals surface area (Å²) >= 11 is 0. The van der Waals surface area contributed by atoms with Crippen LogP contribution in [0.5, 0.6) is 0 Å². The van der Waals surface area contributed by atoms with E-state index in [1.165, 1.54) is 0 Å². The second-order valence-corrected chi connectivity index (χ2v) is 3.49. The summed E-state index contributed by atoms with van der Waals surface area (Å²) in [6.07, 6.45) is 0.188.